The van der Waals surface area contributed by atoms with E-state index in [-0.39, 0.29) is 5.84 Å². The molecule has 0 aromatic carbocycles. The van der Waals surface area contributed by atoms with Crippen molar-refractivity contribution in [3.63, 3.8) is 0 Å². The largest absolute Gasteiger partial charge is 0.384 e. The van der Waals surface area contributed by atoms with Crippen LogP contribution in [0.3, 0.4) is 0 Å². The Balaban J connectivity index is 4.38. The first-order valence-corrected chi connectivity index (χ1v) is 2.76. The number of allylic oxidation sites excluding steroid dienone is 1. The third kappa shape index (κ3) is 2.13. The zero-order chi connectivity index (χ0) is 7.44. The number of nitrogens with two attached hydrogens (primary N) is 1. The fourth-order valence-electron chi connectivity index (χ4n) is 0.632. The predicted molar refractivity (Wildman–Crippen MR) is 40.5 cm³/mol. The van der Waals surface area contributed by atoms with Gasteiger partial charge in [0.25, 0.3) is 0 Å². The van der Waals surface area contributed by atoms with Crippen molar-refractivity contribution >= 4 is 5.84 Å². The zero-order valence-corrected chi connectivity index (χ0v) is 5.86. The summed E-state index contributed by atoms with van der Waals surface area (Å²) in [6, 6.07) is 0. The molecule has 0 saturated carbocycles. The topological polar surface area (TPSA) is 49.9 Å². The Labute approximate surface area is 55.6 Å². The van der Waals surface area contributed by atoms with E-state index in [1.54, 1.807) is 6.08 Å². The van der Waals surface area contributed by atoms with E-state index >= 15 is 0 Å². The standard InChI is InChI=1S/C7H12N2/c1-4-6(5(2)3)7(8)9/h4H,2H2,1,3H3,(H3,8,9)/b6-4+. The van der Waals surface area contributed by atoms with Crippen molar-refractivity contribution in [3.05, 3.63) is 23.8 Å². The summed E-state index contributed by atoms with van der Waals surface area (Å²) < 4.78 is 0. The van der Waals surface area contributed by atoms with Gasteiger partial charge in [0.1, 0.15) is 5.84 Å². The number of rotatable bonds is 2. The Hall–Kier alpha value is -1.05. The van der Waals surface area contributed by atoms with Crippen molar-refractivity contribution in [2.45, 2.75) is 13.8 Å². The van der Waals surface area contributed by atoms with Crippen LogP contribution in [0.2, 0.25) is 0 Å². The molecule has 0 aliphatic carbocycles. The van der Waals surface area contributed by atoms with Gasteiger partial charge in [0, 0.05) is 5.57 Å². The van der Waals surface area contributed by atoms with Crippen molar-refractivity contribution in [1.29, 1.82) is 5.41 Å². The van der Waals surface area contributed by atoms with Crippen LogP contribution in [-0.4, -0.2) is 5.84 Å². The average Bonchev–Trinajstić information content (AvgIpc) is 1.64. The molecular weight excluding hydrogens is 112 g/mol. The van der Waals surface area contributed by atoms with Crippen molar-refractivity contribution in [3.8, 4) is 0 Å². The highest BCUT2D eigenvalue weighted by atomic mass is 14.7. The molecule has 9 heavy (non-hydrogen) atoms. The van der Waals surface area contributed by atoms with Crippen LogP contribution in [0.5, 0.6) is 0 Å². The molecule has 0 radical (unpaired) electrons. The molecule has 3 N–H and O–H groups in total. The molecule has 0 heterocycles. The van der Waals surface area contributed by atoms with Crippen molar-refractivity contribution in [1.82, 2.24) is 0 Å². The normalized spacial score (nSPS) is 11.1. The van der Waals surface area contributed by atoms with E-state index in [0.29, 0.717) is 0 Å². The van der Waals surface area contributed by atoms with Crippen molar-refractivity contribution in [2.75, 3.05) is 0 Å². The number of amidine groups is 1. The van der Waals surface area contributed by atoms with Crippen LogP contribution in [-0.2, 0) is 0 Å². The van der Waals surface area contributed by atoms with Crippen molar-refractivity contribution in [2.24, 2.45) is 5.73 Å². The van der Waals surface area contributed by atoms with Gasteiger partial charge in [0.05, 0.1) is 0 Å². The molecule has 2 nitrogen and oxygen atoms in total. The van der Waals surface area contributed by atoms with Crippen LogP contribution in [0.25, 0.3) is 0 Å². The van der Waals surface area contributed by atoms with E-state index in [4.69, 9.17) is 11.1 Å². The third-order valence-electron chi connectivity index (χ3n) is 1.04. The Morgan fingerprint density at radius 3 is 2.11 bits per heavy atom. The number of nitrogens with one attached hydrogen (secondary N) is 1. The van der Waals surface area contributed by atoms with Gasteiger partial charge in [0.15, 0.2) is 0 Å². The molecule has 0 spiro atoms. The van der Waals surface area contributed by atoms with E-state index in [9.17, 15) is 0 Å². The second-order valence-corrected chi connectivity index (χ2v) is 1.90. The molecular formula is C7H12N2. The molecule has 0 aliphatic rings. The molecule has 0 amide bonds. The average molecular weight is 124 g/mol. The van der Waals surface area contributed by atoms with Crippen LogP contribution in [0, 0.1) is 5.41 Å². The third-order valence-corrected chi connectivity index (χ3v) is 1.04. The lowest BCUT2D eigenvalue weighted by Gasteiger charge is -2.00. The van der Waals surface area contributed by atoms with Gasteiger partial charge in [-0.3, -0.25) is 5.41 Å². The molecule has 0 aromatic rings. The van der Waals surface area contributed by atoms with Crippen LogP contribution in [0.1, 0.15) is 13.8 Å². The molecule has 50 valence electrons. The molecule has 0 rings (SSSR count). The molecule has 0 aromatic heterocycles. The first-order valence-electron chi connectivity index (χ1n) is 2.76. The molecule has 0 atom stereocenters. The second-order valence-electron chi connectivity index (χ2n) is 1.90. The van der Waals surface area contributed by atoms with E-state index in [1.165, 1.54) is 0 Å². The quantitative estimate of drug-likeness (QED) is 0.326. The Morgan fingerprint density at radius 2 is 2.11 bits per heavy atom. The Kier molecular flexibility index (Phi) is 2.71. The van der Waals surface area contributed by atoms with Crippen LogP contribution in [0.4, 0.5) is 0 Å². The van der Waals surface area contributed by atoms with Gasteiger partial charge in [-0.1, -0.05) is 12.7 Å². The van der Waals surface area contributed by atoms with E-state index < -0.39 is 0 Å². The van der Waals surface area contributed by atoms with Gasteiger partial charge in [-0.15, -0.1) is 0 Å². The Morgan fingerprint density at radius 1 is 1.67 bits per heavy atom. The molecule has 0 bridgehead atoms. The molecule has 0 saturated heterocycles. The van der Waals surface area contributed by atoms with Crippen LogP contribution >= 0.6 is 0 Å². The lowest BCUT2D eigenvalue weighted by Crippen LogP contribution is -2.12. The molecule has 2 heteroatoms. The summed E-state index contributed by atoms with van der Waals surface area (Å²) in [5, 5.41) is 7.03. The fourth-order valence-corrected chi connectivity index (χ4v) is 0.632. The number of hydrogen-bond acceptors (Lipinski definition) is 1. The monoisotopic (exact) mass is 124 g/mol. The molecule has 0 fully saturated rings. The highest BCUT2D eigenvalue weighted by molar-refractivity contribution is 5.98. The van der Waals surface area contributed by atoms with Gasteiger partial charge in [-0.05, 0) is 19.4 Å². The van der Waals surface area contributed by atoms with Gasteiger partial charge in [-0.2, -0.15) is 0 Å². The molecule has 0 aliphatic heterocycles. The first kappa shape index (κ1) is 7.95. The van der Waals surface area contributed by atoms with Gasteiger partial charge >= 0.3 is 0 Å². The maximum Gasteiger partial charge on any atom is 0.122 e. The summed E-state index contributed by atoms with van der Waals surface area (Å²) in [7, 11) is 0. The van der Waals surface area contributed by atoms with Gasteiger partial charge in [-0.25, -0.2) is 0 Å². The lowest BCUT2D eigenvalue weighted by molar-refractivity contribution is 1.37. The summed E-state index contributed by atoms with van der Waals surface area (Å²) in [6.07, 6.45) is 1.78. The van der Waals surface area contributed by atoms with Crippen LogP contribution in [0.15, 0.2) is 23.8 Å². The van der Waals surface area contributed by atoms with Crippen LogP contribution < -0.4 is 5.73 Å². The second kappa shape index (κ2) is 3.07. The van der Waals surface area contributed by atoms with E-state index in [0.717, 1.165) is 11.1 Å². The maximum absolute atomic E-state index is 7.03. The van der Waals surface area contributed by atoms with Gasteiger partial charge < -0.3 is 5.73 Å². The molecule has 0 unspecified atom stereocenters. The highest BCUT2D eigenvalue weighted by Gasteiger charge is 1.97. The maximum atomic E-state index is 7.03. The minimum Gasteiger partial charge on any atom is -0.384 e. The summed E-state index contributed by atoms with van der Waals surface area (Å²) in [5.74, 6) is 0.0880. The Bertz CT molecular complexity index is 150. The summed E-state index contributed by atoms with van der Waals surface area (Å²) in [6.45, 7) is 7.33. The summed E-state index contributed by atoms with van der Waals surface area (Å²) in [5.41, 5.74) is 6.77. The van der Waals surface area contributed by atoms with E-state index in [1.807, 2.05) is 13.8 Å². The lowest BCUT2D eigenvalue weighted by atomic mass is 10.1. The predicted octanol–water partition coefficient (Wildman–Crippen LogP) is 1.44. The minimum absolute atomic E-state index is 0.0880. The van der Waals surface area contributed by atoms with E-state index in [2.05, 4.69) is 6.58 Å². The smallest absolute Gasteiger partial charge is 0.122 e. The number of hydrogen-bond donors (Lipinski definition) is 2. The summed E-state index contributed by atoms with van der Waals surface area (Å²) in [4.78, 5) is 0. The zero-order valence-electron chi connectivity index (χ0n) is 5.86. The minimum atomic E-state index is 0.0880. The summed E-state index contributed by atoms with van der Waals surface area (Å²) >= 11 is 0. The SMILES string of the molecule is C=C(C)/C(=C\C)C(=N)N. The highest BCUT2D eigenvalue weighted by Crippen LogP contribution is 2.04. The fraction of sp³-hybridized carbons (Fsp3) is 0.286. The first-order chi connectivity index (χ1) is 4.09. The van der Waals surface area contributed by atoms with Crippen molar-refractivity contribution < 1.29 is 0 Å². The van der Waals surface area contributed by atoms with Gasteiger partial charge in [0.2, 0.25) is 0 Å².